The van der Waals surface area contributed by atoms with Gasteiger partial charge in [0.25, 0.3) is 0 Å². The number of rotatable bonds is 4. The van der Waals surface area contributed by atoms with Crippen LogP contribution in [0.1, 0.15) is 0 Å². The first kappa shape index (κ1) is 28.0. The highest BCUT2D eigenvalue weighted by atomic mass is 14.2. The summed E-state index contributed by atoms with van der Waals surface area (Å²) in [5.41, 5.74) is 19.6. The second kappa shape index (κ2) is 11.8. The second-order valence-corrected chi connectivity index (χ2v) is 12.5. The molecule has 0 saturated carbocycles. The predicted molar refractivity (Wildman–Crippen MR) is 203 cm³/mol. The first-order valence-corrected chi connectivity index (χ1v) is 16.6. The van der Waals surface area contributed by atoms with Crippen molar-refractivity contribution < 1.29 is 0 Å². The summed E-state index contributed by atoms with van der Waals surface area (Å²) in [7, 11) is 0. The Morgan fingerprint density at radius 3 is 0.812 bits per heavy atom. The molecule has 8 aromatic rings. The van der Waals surface area contributed by atoms with Crippen LogP contribution in [0.4, 0.5) is 0 Å². The fraction of sp³-hybridized carbons (Fsp3) is 0. The van der Waals surface area contributed by atoms with Crippen LogP contribution in [0.3, 0.4) is 0 Å². The van der Waals surface area contributed by atoms with E-state index in [-0.39, 0.29) is 0 Å². The van der Waals surface area contributed by atoms with Crippen LogP contribution in [-0.2, 0) is 0 Å². The molecule has 224 valence electrons. The molecule has 4 bridgehead atoms. The molecular formula is C48H32. The van der Waals surface area contributed by atoms with E-state index in [1.165, 1.54) is 89.0 Å². The molecule has 0 radical (unpaired) electrons. The van der Waals surface area contributed by atoms with Crippen molar-refractivity contribution in [3.8, 4) is 89.0 Å². The number of hydrogen-bond donors (Lipinski definition) is 0. The number of benzene rings is 8. The van der Waals surface area contributed by atoms with Gasteiger partial charge in [0.2, 0.25) is 0 Å². The van der Waals surface area contributed by atoms with Crippen molar-refractivity contribution in [3.05, 3.63) is 194 Å². The molecule has 4 aliphatic rings. The normalized spacial score (nSPS) is 11.3. The zero-order valence-corrected chi connectivity index (χ0v) is 26.5. The van der Waals surface area contributed by atoms with Crippen molar-refractivity contribution in [2.24, 2.45) is 0 Å². The minimum Gasteiger partial charge on any atom is -0.0622 e. The van der Waals surface area contributed by atoms with E-state index >= 15 is 0 Å². The average Bonchev–Trinajstić information content (AvgIpc) is 3.18. The fourth-order valence-electron chi connectivity index (χ4n) is 7.26. The van der Waals surface area contributed by atoms with Gasteiger partial charge in [-0.25, -0.2) is 0 Å². The summed E-state index contributed by atoms with van der Waals surface area (Å²) in [6, 6.07) is 71.0. The monoisotopic (exact) mass is 608 g/mol. The summed E-state index contributed by atoms with van der Waals surface area (Å²) in [4.78, 5) is 0. The summed E-state index contributed by atoms with van der Waals surface area (Å²) in [5.74, 6) is 0. The molecule has 0 aliphatic heterocycles. The molecule has 48 heavy (non-hydrogen) atoms. The van der Waals surface area contributed by atoms with Crippen LogP contribution in [0.5, 0.6) is 0 Å². The van der Waals surface area contributed by atoms with Crippen LogP contribution in [0.25, 0.3) is 89.0 Å². The Labute approximate surface area is 282 Å². The molecule has 4 aliphatic carbocycles. The Hall–Kier alpha value is -6.24. The lowest BCUT2D eigenvalue weighted by molar-refractivity contribution is 1.52. The largest absolute Gasteiger partial charge is 0.0622 e. The molecule has 0 unspecified atom stereocenters. The first-order valence-electron chi connectivity index (χ1n) is 16.6. The lowest BCUT2D eigenvalue weighted by Crippen LogP contribution is -1.95. The van der Waals surface area contributed by atoms with Gasteiger partial charge in [0.1, 0.15) is 0 Å². The van der Waals surface area contributed by atoms with Gasteiger partial charge >= 0.3 is 0 Å². The van der Waals surface area contributed by atoms with Gasteiger partial charge in [0, 0.05) is 0 Å². The van der Waals surface area contributed by atoms with Gasteiger partial charge in [-0.05, 0) is 101 Å². The molecule has 0 heteroatoms. The van der Waals surface area contributed by atoms with Crippen molar-refractivity contribution in [3.63, 3.8) is 0 Å². The van der Waals surface area contributed by atoms with Gasteiger partial charge in [-0.2, -0.15) is 0 Å². The third-order valence-electron chi connectivity index (χ3n) is 9.70. The van der Waals surface area contributed by atoms with Crippen molar-refractivity contribution >= 4 is 0 Å². The molecule has 0 amide bonds. The van der Waals surface area contributed by atoms with E-state index in [1.807, 2.05) is 0 Å². The Kier molecular flexibility index (Phi) is 6.91. The average molecular weight is 609 g/mol. The lowest BCUT2D eigenvalue weighted by Gasteiger charge is -2.21. The zero-order chi connectivity index (χ0) is 31.9. The topological polar surface area (TPSA) is 0 Å². The molecule has 0 atom stereocenters. The standard InChI is InChI=1S/C48H32/c1-3-11-33(12-4-1)35-19-23-37(24-20-35)47-31-39-27-29-45(47)43-17-9-7-16-42(43)40-28-30-46(44-18-10-8-15-41(39)44)48(32-40)38-25-21-36(22-26-38)34-13-5-2-6-14-34/h1-32H. The molecular weight excluding hydrogens is 577 g/mol. The first-order chi connectivity index (χ1) is 23.8. The van der Waals surface area contributed by atoms with Crippen LogP contribution in [-0.4, -0.2) is 0 Å². The van der Waals surface area contributed by atoms with Crippen molar-refractivity contribution in [1.29, 1.82) is 0 Å². The minimum absolute atomic E-state index is 1.21. The number of hydrogen-bond acceptors (Lipinski definition) is 0. The zero-order valence-electron chi connectivity index (χ0n) is 26.5. The summed E-state index contributed by atoms with van der Waals surface area (Å²) in [6.07, 6.45) is 0. The van der Waals surface area contributed by atoms with Gasteiger partial charge in [0.05, 0.1) is 0 Å². The highest BCUT2D eigenvalue weighted by Crippen LogP contribution is 2.46. The van der Waals surface area contributed by atoms with E-state index in [4.69, 9.17) is 0 Å². The second-order valence-electron chi connectivity index (χ2n) is 12.5. The molecule has 0 spiro atoms. The molecule has 0 nitrogen and oxygen atoms in total. The van der Waals surface area contributed by atoms with E-state index < -0.39 is 0 Å². The predicted octanol–water partition coefficient (Wildman–Crippen LogP) is 13.3. The quantitative estimate of drug-likeness (QED) is 0.186. The van der Waals surface area contributed by atoms with Gasteiger partial charge in [-0.1, -0.05) is 182 Å². The summed E-state index contributed by atoms with van der Waals surface area (Å²) in [6.45, 7) is 0. The van der Waals surface area contributed by atoms with Crippen LogP contribution in [0.2, 0.25) is 0 Å². The summed E-state index contributed by atoms with van der Waals surface area (Å²) >= 11 is 0. The van der Waals surface area contributed by atoms with Gasteiger partial charge in [0.15, 0.2) is 0 Å². The maximum Gasteiger partial charge on any atom is -0.00987 e. The Morgan fingerprint density at radius 2 is 0.417 bits per heavy atom. The Morgan fingerprint density at radius 1 is 0.146 bits per heavy atom. The van der Waals surface area contributed by atoms with Crippen molar-refractivity contribution in [2.45, 2.75) is 0 Å². The third-order valence-corrected chi connectivity index (χ3v) is 9.70. The molecule has 0 heterocycles. The SMILES string of the molecule is c1ccc(-c2ccc(-c3cc4ccc3-c3ccccc3-c3ccc(c(-c5ccc(-c6ccccc6)cc5)c3)-c3ccccc3-4)cc2)cc1. The fourth-order valence-corrected chi connectivity index (χ4v) is 7.26. The van der Waals surface area contributed by atoms with E-state index in [0.717, 1.165) is 0 Å². The Balaban J connectivity index is 1.25. The van der Waals surface area contributed by atoms with Crippen molar-refractivity contribution in [2.75, 3.05) is 0 Å². The molecule has 8 aromatic carbocycles. The molecule has 12 rings (SSSR count). The smallest absolute Gasteiger partial charge is 0.00987 e. The maximum atomic E-state index is 2.39. The third kappa shape index (κ3) is 4.96. The highest BCUT2D eigenvalue weighted by molar-refractivity contribution is 5.99. The van der Waals surface area contributed by atoms with E-state index in [9.17, 15) is 0 Å². The van der Waals surface area contributed by atoms with E-state index in [0.29, 0.717) is 0 Å². The minimum atomic E-state index is 1.21. The maximum absolute atomic E-state index is 2.39. The Bertz CT molecular complexity index is 2220. The molecule has 0 N–H and O–H groups in total. The van der Waals surface area contributed by atoms with Gasteiger partial charge in [-0.3, -0.25) is 0 Å². The molecule has 0 aromatic heterocycles. The lowest BCUT2D eigenvalue weighted by atomic mass is 9.82. The van der Waals surface area contributed by atoms with Crippen LogP contribution in [0.15, 0.2) is 194 Å². The van der Waals surface area contributed by atoms with E-state index in [2.05, 4.69) is 194 Å². The summed E-state index contributed by atoms with van der Waals surface area (Å²) in [5, 5.41) is 0. The van der Waals surface area contributed by atoms with Crippen molar-refractivity contribution in [1.82, 2.24) is 0 Å². The van der Waals surface area contributed by atoms with Gasteiger partial charge < -0.3 is 0 Å². The van der Waals surface area contributed by atoms with Crippen LogP contribution >= 0.6 is 0 Å². The van der Waals surface area contributed by atoms with Crippen LogP contribution < -0.4 is 0 Å². The van der Waals surface area contributed by atoms with Crippen LogP contribution in [0, 0.1) is 0 Å². The molecule has 0 saturated heterocycles. The summed E-state index contributed by atoms with van der Waals surface area (Å²) < 4.78 is 0. The van der Waals surface area contributed by atoms with Gasteiger partial charge in [-0.15, -0.1) is 0 Å². The molecule has 0 fully saturated rings. The highest BCUT2D eigenvalue weighted by Gasteiger charge is 2.20. The van der Waals surface area contributed by atoms with E-state index in [1.54, 1.807) is 0 Å².